The van der Waals surface area contributed by atoms with Crippen molar-refractivity contribution >= 4 is 58.3 Å². The summed E-state index contributed by atoms with van der Waals surface area (Å²) >= 11 is 18.0. The first-order valence-electron chi connectivity index (χ1n) is 10.6. The number of halogens is 3. The van der Waals surface area contributed by atoms with Crippen LogP contribution in [0.5, 0.6) is 0 Å². The highest BCUT2D eigenvalue weighted by molar-refractivity contribution is 6.42. The Morgan fingerprint density at radius 3 is 2.21 bits per heavy atom. The van der Waals surface area contributed by atoms with Gasteiger partial charge >= 0.3 is 0 Å². The largest absolute Gasteiger partial charge is 0.292 e. The van der Waals surface area contributed by atoms with Crippen molar-refractivity contribution in [1.29, 1.82) is 0 Å². The third-order valence-electron chi connectivity index (χ3n) is 6.27. The molecule has 3 atom stereocenters. The summed E-state index contributed by atoms with van der Waals surface area (Å²) in [4.78, 5) is 53.1. The molecule has 0 bridgehead atoms. The fourth-order valence-corrected chi connectivity index (χ4v) is 4.91. The zero-order valence-electron chi connectivity index (χ0n) is 17.8. The van der Waals surface area contributed by atoms with Gasteiger partial charge in [-0.1, -0.05) is 41.7 Å². The number of amides is 3. The normalized spacial score (nSPS) is 22.3. The van der Waals surface area contributed by atoms with Gasteiger partial charge in [-0.3, -0.25) is 19.2 Å². The minimum absolute atomic E-state index is 0.108. The number of carbonyl (C=O) groups excluding carboxylic acids is 4. The number of carbonyl (C=O) groups is 4. The van der Waals surface area contributed by atoms with E-state index in [2.05, 4.69) is 0 Å². The van der Waals surface area contributed by atoms with E-state index in [1.165, 1.54) is 30.3 Å². The van der Waals surface area contributed by atoms with Gasteiger partial charge in [0.2, 0.25) is 0 Å². The summed E-state index contributed by atoms with van der Waals surface area (Å²) < 4.78 is 0. The van der Waals surface area contributed by atoms with E-state index in [-0.39, 0.29) is 15.6 Å². The number of ketones is 1. The van der Waals surface area contributed by atoms with Crippen molar-refractivity contribution in [3.05, 3.63) is 68.7 Å². The molecule has 1 saturated heterocycles. The Morgan fingerprint density at radius 2 is 1.55 bits per heavy atom. The number of benzene rings is 2. The number of fused-ring (bicyclic) bond motifs is 1. The molecule has 0 unspecified atom stereocenters. The number of Topliss-reactive ketones (excluding diaryl/α,β-unsaturated/α-hetero) is 1. The maximum absolute atomic E-state index is 13.5. The number of imide groups is 1. The first kappa shape index (κ1) is 23.7. The van der Waals surface area contributed by atoms with Gasteiger partial charge < -0.3 is 0 Å². The van der Waals surface area contributed by atoms with Crippen LogP contribution in [0.4, 0.5) is 0 Å². The summed E-state index contributed by atoms with van der Waals surface area (Å²) in [5.74, 6) is -2.70. The predicted molar refractivity (Wildman–Crippen MR) is 125 cm³/mol. The fourth-order valence-electron chi connectivity index (χ4n) is 4.48. The molecule has 33 heavy (non-hydrogen) atoms. The Hall–Kier alpha value is -2.41. The molecule has 0 radical (unpaired) electrons. The predicted octanol–water partition coefficient (Wildman–Crippen LogP) is 5.31. The Bertz CT molecular complexity index is 1140. The van der Waals surface area contributed by atoms with Gasteiger partial charge in [-0.25, -0.2) is 5.01 Å². The van der Waals surface area contributed by atoms with Crippen LogP contribution >= 0.6 is 34.8 Å². The number of hydrogen-bond acceptors (Lipinski definition) is 4. The van der Waals surface area contributed by atoms with Crippen LogP contribution in [-0.2, 0) is 9.59 Å². The number of hydrogen-bond donors (Lipinski definition) is 0. The van der Waals surface area contributed by atoms with Crippen LogP contribution in [0, 0.1) is 17.8 Å². The highest BCUT2D eigenvalue weighted by atomic mass is 35.5. The van der Waals surface area contributed by atoms with Crippen molar-refractivity contribution in [2.24, 2.45) is 17.8 Å². The molecule has 1 aliphatic carbocycles. The highest BCUT2D eigenvalue weighted by Crippen LogP contribution is 2.41. The Morgan fingerprint density at radius 1 is 0.909 bits per heavy atom. The van der Waals surface area contributed by atoms with E-state index in [1.807, 2.05) is 6.92 Å². The van der Waals surface area contributed by atoms with Gasteiger partial charge in [-0.2, -0.15) is 5.01 Å². The highest BCUT2D eigenvalue weighted by Gasteiger charge is 2.52. The molecule has 1 saturated carbocycles. The lowest BCUT2D eigenvalue weighted by atomic mass is 9.76. The maximum Gasteiger partial charge on any atom is 0.273 e. The molecule has 1 heterocycles. The van der Waals surface area contributed by atoms with E-state index < -0.39 is 41.9 Å². The standard InChI is InChI=1S/C24H21Cl3N2O4/c1-13-2-8-17-18(10-13)24(33)29(23(17)32)28(12-21(30)14-3-6-16(25)7-4-14)22(31)15-5-9-19(26)20(27)11-15/h3-7,9,11,13,17-18H,2,8,10,12H2,1H3/t13-,17+,18-/m1/s1. The molecule has 0 N–H and O–H groups in total. The summed E-state index contributed by atoms with van der Waals surface area (Å²) in [6, 6.07) is 10.4. The van der Waals surface area contributed by atoms with E-state index in [9.17, 15) is 19.2 Å². The lowest BCUT2D eigenvalue weighted by molar-refractivity contribution is -0.154. The van der Waals surface area contributed by atoms with Gasteiger partial charge in [0.1, 0.15) is 6.54 Å². The van der Waals surface area contributed by atoms with Gasteiger partial charge in [0, 0.05) is 16.1 Å². The summed E-state index contributed by atoms with van der Waals surface area (Å²) in [7, 11) is 0. The van der Waals surface area contributed by atoms with Crippen molar-refractivity contribution in [3.63, 3.8) is 0 Å². The van der Waals surface area contributed by atoms with Gasteiger partial charge in [0.15, 0.2) is 5.78 Å². The number of rotatable bonds is 5. The second-order valence-corrected chi connectivity index (χ2v) is 9.79. The zero-order valence-corrected chi connectivity index (χ0v) is 20.0. The molecular formula is C24H21Cl3N2O4. The monoisotopic (exact) mass is 506 g/mol. The third-order valence-corrected chi connectivity index (χ3v) is 7.26. The van der Waals surface area contributed by atoms with Crippen LogP contribution < -0.4 is 0 Å². The van der Waals surface area contributed by atoms with E-state index in [0.717, 1.165) is 16.4 Å². The van der Waals surface area contributed by atoms with Crippen molar-refractivity contribution < 1.29 is 19.2 Å². The molecule has 4 rings (SSSR count). The smallest absolute Gasteiger partial charge is 0.273 e. The zero-order chi connectivity index (χ0) is 23.9. The Balaban J connectivity index is 1.70. The average molecular weight is 508 g/mol. The quantitative estimate of drug-likeness (QED) is 0.406. The molecule has 2 aliphatic rings. The van der Waals surface area contributed by atoms with Crippen molar-refractivity contribution in [1.82, 2.24) is 10.0 Å². The first-order valence-corrected chi connectivity index (χ1v) is 11.7. The van der Waals surface area contributed by atoms with Gasteiger partial charge in [-0.05, 0) is 67.6 Å². The van der Waals surface area contributed by atoms with Crippen LogP contribution in [0.25, 0.3) is 0 Å². The Kier molecular flexibility index (Phi) is 6.80. The van der Waals surface area contributed by atoms with Gasteiger partial charge in [-0.15, -0.1) is 0 Å². The second-order valence-electron chi connectivity index (χ2n) is 8.54. The van der Waals surface area contributed by atoms with E-state index in [4.69, 9.17) is 34.8 Å². The molecule has 2 aromatic carbocycles. The second kappa shape index (κ2) is 9.45. The van der Waals surface area contributed by atoms with E-state index in [1.54, 1.807) is 12.1 Å². The Labute approximate surface area is 206 Å². The van der Waals surface area contributed by atoms with Crippen LogP contribution in [0.3, 0.4) is 0 Å². The van der Waals surface area contributed by atoms with Crippen molar-refractivity contribution in [3.8, 4) is 0 Å². The SMILES string of the molecule is C[C@@H]1CC[C@@H]2C(=O)N(N(CC(=O)c3ccc(Cl)cc3)C(=O)c3ccc(Cl)c(Cl)c3)C(=O)[C@@H]2C1. The van der Waals surface area contributed by atoms with Crippen LogP contribution in [-0.4, -0.2) is 40.1 Å². The molecule has 3 amide bonds. The molecule has 2 fully saturated rings. The molecule has 9 heteroatoms. The van der Waals surface area contributed by atoms with Crippen molar-refractivity contribution in [2.45, 2.75) is 26.2 Å². The van der Waals surface area contributed by atoms with Crippen molar-refractivity contribution in [2.75, 3.05) is 6.54 Å². The minimum atomic E-state index is -0.690. The lowest BCUT2D eigenvalue weighted by Crippen LogP contribution is -2.52. The van der Waals surface area contributed by atoms with Crippen LogP contribution in [0.1, 0.15) is 46.9 Å². The van der Waals surface area contributed by atoms with Gasteiger partial charge in [0.25, 0.3) is 17.7 Å². The summed E-state index contributed by atoms with van der Waals surface area (Å²) in [6.45, 7) is 1.55. The summed E-state index contributed by atoms with van der Waals surface area (Å²) in [5.41, 5.74) is 0.411. The molecule has 2 aromatic rings. The molecule has 6 nitrogen and oxygen atoms in total. The molecule has 172 valence electrons. The van der Waals surface area contributed by atoms with Crippen LogP contribution in [0.2, 0.25) is 15.1 Å². The maximum atomic E-state index is 13.5. The number of hydrazine groups is 1. The molecular weight excluding hydrogens is 487 g/mol. The lowest BCUT2D eigenvalue weighted by Gasteiger charge is -2.30. The van der Waals surface area contributed by atoms with Gasteiger partial charge in [0.05, 0.1) is 21.9 Å². The first-order chi connectivity index (χ1) is 15.7. The molecule has 0 spiro atoms. The fraction of sp³-hybridized carbons (Fsp3) is 0.333. The van der Waals surface area contributed by atoms with E-state index >= 15 is 0 Å². The average Bonchev–Trinajstić information content (AvgIpc) is 3.03. The summed E-state index contributed by atoms with van der Waals surface area (Å²) in [5, 5.41) is 2.66. The topological polar surface area (TPSA) is 74.8 Å². The minimum Gasteiger partial charge on any atom is -0.292 e. The third kappa shape index (κ3) is 4.65. The van der Waals surface area contributed by atoms with Crippen LogP contribution in [0.15, 0.2) is 42.5 Å². The molecule has 0 aromatic heterocycles. The molecule has 1 aliphatic heterocycles. The number of nitrogens with zero attached hydrogens (tertiary/aromatic N) is 2. The summed E-state index contributed by atoms with van der Waals surface area (Å²) in [6.07, 6.45) is 1.98. The van der Waals surface area contributed by atoms with E-state index in [0.29, 0.717) is 29.3 Å².